The van der Waals surface area contributed by atoms with Crippen molar-refractivity contribution in [1.29, 1.82) is 0 Å². The Kier molecular flexibility index (Phi) is 5.99. The number of benzene rings is 1. The molecule has 0 saturated carbocycles. The highest BCUT2D eigenvalue weighted by Crippen LogP contribution is 2.25. The number of hydrogen-bond acceptors (Lipinski definition) is 4. The molecular formula is C14H20N2O4. The van der Waals surface area contributed by atoms with E-state index in [1.54, 1.807) is 19.1 Å². The topological polar surface area (TPSA) is 78.9 Å². The number of aliphatic hydroxyl groups excluding tert-OH is 1. The van der Waals surface area contributed by atoms with Crippen LogP contribution in [0.5, 0.6) is 5.75 Å². The summed E-state index contributed by atoms with van der Waals surface area (Å²) in [5, 5.41) is 11.4. The number of nitrogens with zero attached hydrogens (tertiary/aromatic N) is 1. The van der Waals surface area contributed by atoms with E-state index in [2.05, 4.69) is 5.32 Å². The lowest BCUT2D eigenvalue weighted by atomic mass is 10.2. The number of nitrogens with one attached hydrogen (secondary N) is 1. The van der Waals surface area contributed by atoms with Crippen molar-refractivity contribution in [3.8, 4) is 5.75 Å². The van der Waals surface area contributed by atoms with Crippen LogP contribution >= 0.6 is 0 Å². The Morgan fingerprint density at radius 1 is 1.40 bits per heavy atom. The number of amides is 2. The Labute approximate surface area is 118 Å². The quantitative estimate of drug-likeness (QED) is 0.781. The van der Waals surface area contributed by atoms with Crippen LogP contribution in [0.3, 0.4) is 0 Å². The first-order valence-corrected chi connectivity index (χ1v) is 6.39. The van der Waals surface area contributed by atoms with E-state index in [1.807, 2.05) is 13.0 Å². The molecule has 6 heteroatoms. The summed E-state index contributed by atoms with van der Waals surface area (Å²) in [6.45, 7) is 3.93. The smallest absolute Gasteiger partial charge is 0.314 e. The number of anilines is 1. The molecule has 6 nitrogen and oxygen atoms in total. The zero-order valence-electron chi connectivity index (χ0n) is 12.0. The van der Waals surface area contributed by atoms with Crippen molar-refractivity contribution >= 4 is 17.5 Å². The highest BCUT2D eigenvalue weighted by atomic mass is 16.5. The number of ether oxygens (including phenoxy) is 1. The molecule has 0 heterocycles. The third kappa shape index (κ3) is 3.96. The summed E-state index contributed by atoms with van der Waals surface area (Å²) >= 11 is 0. The van der Waals surface area contributed by atoms with Gasteiger partial charge < -0.3 is 20.1 Å². The Balaban J connectivity index is 2.84. The summed E-state index contributed by atoms with van der Waals surface area (Å²) in [5.74, 6) is -0.934. The maximum atomic E-state index is 11.9. The van der Waals surface area contributed by atoms with Crippen molar-refractivity contribution < 1.29 is 19.4 Å². The molecule has 0 radical (unpaired) electrons. The Hall–Kier alpha value is -2.08. The standard InChI is InChI=1S/C14H20N2O4/c1-4-16(7-8-17)14(19)13(18)15-11-9-10(2)5-6-12(11)20-3/h5-6,9,17H,4,7-8H2,1-3H3,(H,15,18). The summed E-state index contributed by atoms with van der Waals surface area (Å²) < 4.78 is 5.14. The Morgan fingerprint density at radius 3 is 2.65 bits per heavy atom. The fraction of sp³-hybridized carbons (Fsp3) is 0.429. The van der Waals surface area contributed by atoms with E-state index in [1.165, 1.54) is 12.0 Å². The predicted octanol–water partition coefficient (Wildman–Crippen LogP) is 0.783. The molecule has 2 N–H and O–H groups in total. The van der Waals surface area contributed by atoms with Crippen LogP contribution in [0.2, 0.25) is 0 Å². The van der Waals surface area contributed by atoms with Gasteiger partial charge in [-0.2, -0.15) is 0 Å². The second kappa shape index (κ2) is 7.49. The summed E-state index contributed by atoms with van der Waals surface area (Å²) in [5.41, 5.74) is 1.39. The number of hydrogen-bond donors (Lipinski definition) is 2. The maximum absolute atomic E-state index is 11.9. The van der Waals surface area contributed by atoms with Gasteiger partial charge >= 0.3 is 11.8 Å². The number of methoxy groups -OCH3 is 1. The Morgan fingerprint density at radius 2 is 2.10 bits per heavy atom. The molecule has 0 aliphatic carbocycles. The zero-order chi connectivity index (χ0) is 15.1. The maximum Gasteiger partial charge on any atom is 0.314 e. The molecular weight excluding hydrogens is 260 g/mol. The van der Waals surface area contributed by atoms with Crippen molar-refractivity contribution in [2.24, 2.45) is 0 Å². The zero-order valence-corrected chi connectivity index (χ0v) is 12.0. The first kappa shape index (κ1) is 16.0. The lowest BCUT2D eigenvalue weighted by Crippen LogP contribution is -2.41. The molecule has 2 amide bonds. The van der Waals surface area contributed by atoms with Crippen molar-refractivity contribution in [3.05, 3.63) is 23.8 Å². The van der Waals surface area contributed by atoms with E-state index in [0.717, 1.165) is 5.56 Å². The molecule has 0 aliphatic heterocycles. The highest BCUT2D eigenvalue weighted by Gasteiger charge is 2.21. The third-order valence-electron chi connectivity index (χ3n) is 2.84. The summed E-state index contributed by atoms with van der Waals surface area (Å²) in [7, 11) is 1.49. The van der Waals surface area contributed by atoms with E-state index < -0.39 is 11.8 Å². The van der Waals surface area contributed by atoms with Crippen molar-refractivity contribution in [2.75, 3.05) is 32.1 Å². The second-order valence-corrected chi connectivity index (χ2v) is 4.27. The van der Waals surface area contributed by atoms with Gasteiger partial charge in [0.25, 0.3) is 0 Å². The molecule has 0 saturated heterocycles. The fourth-order valence-corrected chi connectivity index (χ4v) is 1.76. The lowest BCUT2D eigenvalue weighted by molar-refractivity contribution is -0.143. The lowest BCUT2D eigenvalue weighted by Gasteiger charge is -2.19. The van der Waals surface area contributed by atoms with Crippen LogP contribution in [-0.2, 0) is 9.59 Å². The highest BCUT2D eigenvalue weighted by molar-refractivity contribution is 6.39. The van der Waals surface area contributed by atoms with Gasteiger partial charge in [-0.05, 0) is 31.5 Å². The van der Waals surface area contributed by atoms with Crippen LogP contribution in [0.25, 0.3) is 0 Å². The molecule has 0 atom stereocenters. The second-order valence-electron chi connectivity index (χ2n) is 4.27. The molecule has 1 aromatic carbocycles. The van der Waals surface area contributed by atoms with Gasteiger partial charge in [0.1, 0.15) is 5.75 Å². The first-order valence-electron chi connectivity index (χ1n) is 6.39. The fourth-order valence-electron chi connectivity index (χ4n) is 1.76. The average molecular weight is 280 g/mol. The minimum atomic E-state index is -0.746. The largest absolute Gasteiger partial charge is 0.495 e. The van der Waals surface area contributed by atoms with E-state index in [-0.39, 0.29) is 13.2 Å². The van der Waals surface area contributed by atoms with E-state index in [0.29, 0.717) is 18.0 Å². The van der Waals surface area contributed by atoms with Crippen LogP contribution < -0.4 is 10.1 Å². The number of likely N-dealkylation sites (N-methyl/N-ethyl adjacent to an activating group) is 1. The molecule has 0 aliphatic rings. The first-order chi connectivity index (χ1) is 9.53. The molecule has 110 valence electrons. The molecule has 0 spiro atoms. The average Bonchev–Trinajstić information content (AvgIpc) is 2.44. The number of aliphatic hydroxyl groups is 1. The number of carbonyl (C=O) groups excluding carboxylic acids is 2. The van der Waals surface area contributed by atoms with Gasteiger partial charge in [-0.1, -0.05) is 6.07 Å². The molecule has 0 unspecified atom stereocenters. The van der Waals surface area contributed by atoms with Crippen LogP contribution in [0.15, 0.2) is 18.2 Å². The van der Waals surface area contributed by atoms with Gasteiger partial charge in [0.15, 0.2) is 0 Å². The van der Waals surface area contributed by atoms with Crippen LogP contribution in [0, 0.1) is 6.92 Å². The van der Waals surface area contributed by atoms with Crippen molar-refractivity contribution in [1.82, 2.24) is 4.90 Å². The molecule has 0 aromatic heterocycles. The summed E-state index contributed by atoms with van der Waals surface area (Å²) in [6.07, 6.45) is 0. The van der Waals surface area contributed by atoms with E-state index >= 15 is 0 Å². The van der Waals surface area contributed by atoms with Gasteiger partial charge in [0.2, 0.25) is 0 Å². The SMILES string of the molecule is CCN(CCO)C(=O)C(=O)Nc1cc(C)ccc1OC. The predicted molar refractivity (Wildman–Crippen MR) is 75.7 cm³/mol. The summed E-state index contributed by atoms with van der Waals surface area (Å²) in [6, 6.07) is 5.30. The molecule has 1 rings (SSSR count). The van der Waals surface area contributed by atoms with E-state index in [9.17, 15) is 9.59 Å². The molecule has 20 heavy (non-hydrogen) atoms. The third-order valence-corrected chi connectivity index (χ3v) is 2.84. The normalized spacial score (nSPS) is 10.0. The van der Waals surface area contributed by atoms with Gasteiger partial charge in [0, 0.05) is 13.1 Å². The van der Waals surface area contributed by atoms with Gasteiger partial charge in [-0.3, -0.25) is 9.59 Å². The Bertz CT molecular complexity index is 488. The number of carbonyl (C=O) groups is 2. The van der Waals surface area contributed by atoms with Crippen LogP contribution in [0.4, 0.5) is 5.69 Å². The van der Waals surface area contributed by atoms with Crippen molar-refractivity contribution in [2.45, 2.75) is 13.8 Å². The minimum absolute atomic E-state index is 0.133. The molecule has 1 aromatic rings. The van der Waals surface area contributed by atoms with Crippen molar-refractivity contribution in [3.63, 3.8) is 0 Å². The van der Waals surface area contributed by atoms with E-state index in [4.69, 9.17) is 9.84 Å². The monoisotopic (exact) mass is 280 g/mol. The molecule has 0 bridgehead atoms. The molecule has 0 fully saturated rings. The van der Waals surface area contributed by atoms with Gasteiger partial charge in [-0.15, -0.1) is 0 Å². The van der Waals surface area contributed by atoms with Crippen LogP contribution in [-0.4, -0.2) is 48.6 Å². The summed E-state index contributed by atoms with van der Waals surface area (Å²) in [4.78, 5) is 25.1. The number of aryl methyl sites for hydroxylation is 1. The van der Waals surface area contributed by atoms with Gasteiger partial charge in [-0.25, -0.2) is 0 Å². The van der Waals surface area contributed by atoms with Gasteiger partial charge in [0.05, 0.1) is 19.4 Å². The number of rotatable bonds is 5. The minimum Gasteiger partial charge on any atom is -0.495 e. The van der Waals surface area contributed by atoms with Crippen LogP contribution in [0.1, 0.15) is 12.5 Å².